The van der Waals surface area contributed by atoms with E-state index in [0.29, 0.717) is 34.5 Å². The van der Waals surface area contributed by atoms with Crippen LogP contribution in [0.15, 0.2) is 18.2 Å². The molecule has 7 heteroatoms. The number of hydrogen-bond acceptors (Lipinski definition) is 7. The molecule has 3 rings (SSSR count). The van der Waals surface area contributed by atoms with Gasteiger partial charge in [0.15, 0.2) is 23.0 Å². The minimum atomic E-state index is 0.0383. The smallest absolute Gasteiger partial charge is 0.203 e. The Balaban J connectivity index is 2.06. The van der Waals surface area contributed by atoms with Crippen molar-refractivity contribution in [3.63, 3.8) is 0 Å². The van der Waals surface area contributed by atoms with Gasteiger partial charge in [-0.15, -0.1) is 0 Å². The predicted molar refractivity (Wildman–Crippen MR) is 110 cm³/mol. The average Bonchev–Trinajstić information content (AvgIpc) is 2.76. The van der Waals surface area contributed by atoms with E-state index in [1.165, 1.54) is 5.56 Å². The van der Waals surface area contributed by atoms with Crippen LogP contribution in [0.3, 0.4) is 0 Å². The van der Waals surface area contributed by atoms with Gasteiger partial charge >= 0.3 is 0 Å². The second-order valence-corrected chi connectivity index (χ2v) is 6.71. The Morgan fingerprint density at radius 3 is 1.79 bits per heavy atom. The lowest BCUT2D eigenvalue weighted by Gasteiger charge is -2.30. The molecule has 1 N–H and O–H groups in total. The summed E-state index contributed by atoms with van der Waals surface area (Å²) in [6.45, 7) is 0.862. The number of fused-ring (bicyclic) bond motifs is 1. The molecule has 2 aromatic carbocycles. The monoisotopic (exact) mass is 403 g/mol. The lowest BCUT2D eigenvalue weighted by Crippen LogP contribution is -2.32. The Morgan fingerprint density at radius 2 is 1.28 bits per heavy atom. The van der Waals surface area contributed by atoms with Gasteiger partial charge in [-0.3, -0.25) is 0 Å². The molecule has 1 atom stereocenters. The fraction of sp³-hybridized carbons (Fsp3) is 0.455. The molecule has 1 unspecified atom stereocenters. The van der Waals surface area contributed by atoms with E-state index in [-0.39, 0.29) is 6.04 Å². The first-order valence-corrected chi connectivity index (χ1v) is 9.45. The van der Waals surface area contributed by atoms with Crippen LogP contribution in [0.1, 0.15) is 22.7 Å². The molecule has 1 heterocycles. The highest BCUT2D eigenvalue weighted by Gasteiger charge is 2.29. The molecule has 2 aromatic rings. The third kappa shape index (κ3) is 3.87. The molecule has 0 saturated heterocycles. The van der Waals surface area contributed by atoms with Gasteiger partial charge in [0.2, 0.25) is 11.5 Å². The van der Waals surface area contributed by atoms with Crippen molar-refractivity contribution in [3.8, 4) is 34.5 Å². The molecule has 158 valence electrons. The molecule has 0 saturated carbocycles. The molecule has 7 nitrogen and oxygen atoms in total. The van der Waals surface area contributed by atoms with Crippen molar-refractivity contribution in [2.75, 3.05) is 49.2 Å². The maximum absolute atomic E-state index is 5.76. The van der Waals surface area contributed by atoms with Crippen LogP contribution in [0.2, 0.25) is 0 Å². The Morgan fingerprint density at radius 1 is 0.724 bits per heavy atom. The largest absolute Gasteiger partial charge is 0.493 e. The standard InChI is InChI=1S/C22H29NO6/c1-24-16-10-13(11-17(25-2)20(16)27-4)9-15-19-14(7-8-23-15)12-18(26-3)21(28-5)22(19)29-6/h10-12,15,23H,7-9H2,1-6H3. The van der Waals surface area contributed by atoms with E-state index in [4.69, 9.17) is 28.4 Å². The van der Waals surface area contributed by atoms with Crippen LogP contribution in [-0.2, 0) is 12.8 Å². The number of benzene rings is 2. The van der Waals surface area contributed by atoms with Crippen LogP contribution in [-0.4, -0.2) is 49.2 Å². The van der Waals surface area contributed by atoms with Crippen LogP contribution >= 0.6 is 0 Å². The minimum Gasteiger partial charge on any atom is -0.493 e. The summed E-state index contributed by atoms with van der Waals surface area (Å²) in [7, 11) is 9.76. The van der Waals surface area contributed by atoms with Crippen molar-refractivity contribution in [1.29, 1.82) is 0 Å². The first-order chi connectivity index (χ1) is 14.1. The topological polar surface area (TPSA) is 67.4 Å². The van der Waals surface area contributed by atoms with Crippen LogP contribution in [0.25, 0.3) is 0 Å². The van der Waals surface area contributed by atoms with Gasteiger partial charge < -0.3 is 33.7 Å². The molecule has 0 aliphatic carbocycles. The first-order valence-electron chi connectivity index (χ1n) is 9.45. The van der Waals surface area contributed by atoms with Crippen molar-refractivity contribution in [2.24, 2.45) is 0 Å². The second-order valence-electron chi connectivity index (χ2n) is 6.71. The average molecular weight is 403 g/mol. The quantitative estimate of drug-likeness (QED) is 0.726. The molecular formula is C22H29NO6. The van der Waals surface area contributed by atoms with E-state index >= 15 is 0 Å². The van der Waals surface area contributed by atoms with Gasteiger partial charge in [-0.1, -0.05) is 0 Å². The molecule has 0 spiro atoms. The summed E-state index contributed by atoms with van der Waals surface area (Å²) < 4.78 is 33.3. The normalized spacial score (nSPS) is 15.3. The van der Waals surface area contributed by atoms with E-state index in [2.05, 4.69) is 5.32 Å². The van der Waals surface area contributed by atoms with Gasteiger partial charge in [0.05, 0.1) is 42.7 Å². The third-order valence-electron chi connectivity index (χ3n) is 5.25. The Hall–Kier alpha value is -2.80. The predicted octanol–water partition coefficient (Wildman–Crippen LogP) is 3.17. The van der Waals surface area contributed by atoms with Gasteiger partial charge in [0.25, 0.3) is 0 Å². The summed E-state index contributed by atoms with van der Waals surface area (Å²) in [6.07, 6.45) is 1.60. The van der Waals surface area contributed by atoms with Gasteiger partial charge in [0, 0.05) is 11.6 Å². The minimum absolute atomic E-state index is 0.0383. The van der Waals surface area contributed by atoms with Crippen molar-refractivity contribution < 1.29 is 28.4 Å². The molecule has 0 aromatic heterocycles. The molecule has 0 amide bonds. The van der Waals surface area contributed by atoms with Crippen LogP contribution in [0.5, 0.6) is 34.5 Å². The summed E-state index contributed by atoms with van der Waals surface area (Å²) in [5, 5.41) is 3.60. The Kier molecular flexibility index (Phi) is 6.59. The summed E-state index contributed by atoms with van der Waals surface area (Å²) in [5.74, 6) is 3.84. The number of rotatable bonds is 8. The number of ether oxygens (including phenoxy) is 6. The zero-order valence-electron chi connectivity index (χ0n) is 17.9. The maximum Gasteiger partial charge on any atom is 0.203 e. The molecule has 1 aliphatic rings. The summed E-state index contributed by atoms with van der Waals surface area (Å²) in [4.78, 5) is 0. The molecular weight excluding hydrogens is 374 g/mol. The SMILES string of the molecule is COc1cc(CC2NCCc3cc(OC)c(OC)c(OC)c32)cc(OC)c1OC. The van der Waals surface area contributed by atoms with Gasteiger partial charge in [-0.05, 0) is 48.7 Å². The highest BCUT2D eigenvalue weighted by Crippen LogP contribution is 2.47. The van der Waals surface area contributed by atoms with E-state index in [1.54, 1.807) is 42.7 Å². The lowest BCUT2D eigenvalue weighted by molar-refractivity contribution is 0.315. The fourth-order valence-electron chi connectivity index (χ4n) is 3.96. The molecule has 0 fully saturated rings. The number of methoxy groups -OCH3 is 6. The third-order valence-corrected chi connectivity index (χ3v) is 5.25. The van der Waals surface area contributed by atoms with Gasteiger partial charge in [-0.25, -0.2) is 0 Å². The number of nitrogens with one attached hydrogen (secondary N) is 1. The van der Waals surface area contributed by atoms with Crippen LogP contribution in [0.4, 0.5) is 0 Å². The van der Waals surface area contributed by atoms with E-state index in [0.717, 1.165) is 30.5 Å². The molecule has 1 aliphatic heterocycles. The van der Waals surface area contributed by atoms with Crippen LogP contribution in [0, 0.1) is 0 Å². The summed E-state index contributed by atoms with van der Waals surface area (Å²) in [5.41, 5.74) is 3.34. The Labute approximate surface area is 171 Å². The van der Waals surface area contributed by atoms with Gasteiger partial charge in [0.1, 0.15) is 0 Å². The first kappa shape index (κ1) is 20.9. The fourth-order valence-corrected chi connectivity index (χ4v) is 3.96. The molecule has 0 radical (unpaired) electrons. The Bertz CT molecular complexity index is 842. The van der Waals surface area contributed by atoms with E-state index in [9.17, 15) is 0 Å². The number of hydrogen-bond donors (Lipinski definition) is 1. The van der Waals surface area contributed by atoms with Gasteiger partial charge in [-0.2, -0.15) is 0 Å². The highest BCUT2D eigenvalue weighted by atomic mass is 16.5. The second kappa shape index (κ2) is 9.13. The van der Waals surface area contributed by atoms with Crippen molar-refractivity contribution >= 4 is 0 Å². The van der Waals surface area contributed by atoms with Crippen molar-refractivity contribution in [2.45, 2.75) is 18.9 Å². The van der Waals surface area contributed by atoms with Crippen molar-refractivity contribution in [1.82, 2.24) is 5.32 Å². The maximum atomic E-state index is 5.76. The summed E-state index contributed by atoms with van der Waals surface area (Å²) >= 11 is 0. The van der Waals surface area contributed by atoms with E-state index in [1.807, 2.05) is 18.2 Å². The molecule has 0 bridgehead atoms. The zero-order chi connectivity index (χ0) is 21.0. The lowest BCUT2D eigenvalue weighted by atomic mass is 9.88. The molecule has 29 heavy (non-hydrogen) atoms. The van der Waals surface area contributed by atoms with Crippen LogP contribution < -0.4 is 33.7 Å². The zero-order valence-corrected chi connectivity index (χ0v) is 17.9. The van der Waals surface area contributed by atoms with Crippen molar-refractivity contribution in [3.05, 3.63) is 34.9 Å². The summed E-state index contributed by atoms with van der Waals surface area (Å²) in [6, 6.07) is 6.03. The highest BCUT2D eigenvalue weighted by molar-refractivity contribution is 5.61. The van der Waals surface area contributed by atoms with E-state index < -0.39 is 0 Å².